The molecule has 2 aromatic carbocycles. The standard InChI is InChI=1S/C24H28/c1-2-3-5-18-6-4-7-20-13-19-10-11-24(16-21(19)14-23(18)20)15-17-8-9-22(24)12-17/h4,6-8,13-14,22H,2-3,5,9-12,15-16H2,1H3. The lowest BCUT2D eigenvalue weighted by atomic mass is 9.64. The van der Waals surface area contributed by atoms with E-state index >= 15 is 0 Å². The quantitative estimate of drug-likeness (QED) is 0.575. The van der Waals surface area contributed by atoms with E-state index in [-0.39, 0.29) is 0 Å². The number of fused-ring (bicyclic) bond motifs is 5. The average molecular weight is 316 g/mol. The Balaban J connectivity index is 1.55. The van der Waals surface area contributed by atoms with Gasteiger partial charge in [-0.25, -0.2) is 0 Å². The van der Waals surface area contributed by atoms with Crippen LogP contribution in [0.25, 0.3) is 10.8 Å². The van der Waals surface area contributed by atoms with Crippen LogP contribution in [-0.4, -0.2) is 0 Å². The summed E-state index contributed by atoms with van der Waals surface area (Å²) >= 11 is 0. The molecule has 0 aliphatic heterocycles. The third kappa shape index (κ3) is 2.19. The summed E-state index contributed by atoms with van der Waals surface area (Å²) in [6, 6.07) is 12.0. The lowest BCUT2D eigenvalue weighted by Crippen LogP contribution is -2.33. The van der Waals surface area contributed by atoms with Crippen LogP contribution in [0.5, 0.6) is 0 Å². The Morgan fingerprint density at radius 2 is 2.08 bits per heavy atom. The molecule has 0 N–H and O–H groups in total. The van der Waals surface area contributed by atoms with Crippen LogP contribution in [0.4, 0.5) is 0 Å². The second-order valence-corrected chi connectivity index (χ2v) is 8.58. The summed E-state index contributed by atoms with van der Waals surface area (Å²) in [5.41, 5.74) is 7.26. The summed E-state index contributed by atoms with van der Waals surface area (Å²) in [5.74, 6) is 0.951. The molecule has 2 unspecified atom stereocenters. The van der Waals surface area contributed by atoms with Crippen LogP contribution in [0.2, 0.25) is 0 Å². The predicted octanol–water partition coefficient (Wildman–Crippen LogP) is 6.40. The molecule has 0 amide bonds. The summed E-state index contributed by atoms with van der Waals surface area (Å²) in [7, 11) is 0. The van der Waals surface area contributed by atoms with Crippen LogP contribution < -0.4 is 0 Å². The lowest BCUT2D eigenvalue weighted by Gasteiger charge is -2.40. The zero-order valence-electron chi connectivity index (χ0n) is 14.9. The molecule has 0 heteroatoms. The van der Waals surface area contributed by atoms with E-state index in [1.54, 1.807) is 22.3 Å². The summed E-state index contributed by atoms with van der Waals surface area (Å²) in [5, 5.41) is 3.00. The minimum Gasteiger partial charge on any atom is -0.0850 e. The summed E-state index contributed by atoms with van der Waals surface area (Å²) in [6.07, 6.45) is 14.6. The second-order valence-electron chi connectivity index (χ2n) is 8.58. The molecule has 3 aliphatic rings. The third-order valence-electron chi connectivity index (χ3n) is 7.17. The van der Waals surface area contributed by atoms with Gasteiger partial charge >= 0.3 is 0 Å². The van der Waals surface area contributed by atoms with E-state index in [4.69, 9.17) is 0 Å². The maximum atomic E-state index is 2.58. The van der Waals surface area contributed by atoms with E-state index in [0.717, 1.165) is 5.92 Å². The van der Waals surface area contributed by atoms with E-state index in [9.17, 15) is 0 Å². The van der Waals surface area contributed by atoms with Gasteiger partial charge < -0.3 is 0 Å². The van der Waals surface area contributed by atoms with Crippen molar-refractivity contribution in [2.45, 2.75) is 64.7 Å². The van der Waals surface area contributed by atoms with Crippen LogP contribution >= 0.6 is 0 Å². The average Bonchev–Trinajstić information content (AvgIpc) is 3.19. The molecule has 1 spiro atoms. The normalized spacial score (nSPS) is 27.7. The first-order valence-electron chi connectivity index (χ1n) is 9.99. The van der Waals surface area contributed by atoms with E-state index in [1.165, 1.54) is 68.6 Å². The number of rotatable bonds is 3. The van der Waals surface area contributed by atoms with Crippen LogP contribution in [-0.2, 0) is 19.3 Å². The van der Waals surface area contributed by atoms with Crippen molar-refractivity contribution in [3.05, 3.63) is 58.7 Å². The van der Waals surface area contributed by atoms with Gasteiger partial charge in [0.05, 0.1) is 0 Å². The Labute approximate surface area is 146 Å². The molecule has 0 aromatic heterocycles. The number of allylic oxidation sites excluding steroid dienone is 2. The van der Waals surface area contributed by atoms with Crippen molar-refractivity contribution in [1.82, 2.24) is 0 Å². The highest BCUT2D eigenvalue weighted by Crippen LogP contribution is 2.58. The summed E-state index contributed by atoms with van der Waals surface area (Å²) < 4.78 is 0. The van der Waals surface area contributed by atoms with Gasteiger partial charge in [-0.2, -0.15) is 0 Å². The van der Waals surface area contributed by atoms with Crippen molar-refractivity contribution >= 4 is 10.8 Å². The van der Waals surface area contributed by atoms with Gasteiger partial charge in [0.2, 0.25) is 0 Å². The largest absolute Gasteiger partial charge is 0.0850 e. The fourth-order valence-corrected chi connectivity index (χ4v) is 5.81. The Morgan fingerprint density at radius 1 is 1.12 bits per heavy atom. The van der Waals surface area contributed by atoms with Gasteiger partial charge in [-0.1, -0.05) is 55.3 Å². The number of hydrogen-bond donors (Lipinski definition) is 0. The first-order chi connectivity index (χ1) is 11.8. The van der Waals surface area contributed by atoms with E-state index in [0.29, 0.717) is 5.41 Å². The monoisotopic (exact) mass is 316 g/mol. The first kappa shape index (κ1) is 14.8. The fraction of sp³-hybridized carbons (Fsp3) is 0.500. The molecule has 2 aromatic rings. The van der Waals surface area contributed by atoms with Gasteiger partial charge in [-0.05, 0) is 90.2 Å². The molecular formula is C24H28. The smallest absolute Gasteiger partial charge is 0.0149 e. The Kier molecular flexibility index (Phi) is 3.37. The van der Waals surface area contributed by atoms with Crippen LogP contribution in [0, 0.1) is 11.3 Å². The van der Waals surface area contributed by atoms with Crippen molar-refractivity contribution in [2.75, 3.05) is 0 Å². The number of aryl methyl sites for hydroxylation is 2. The van der Waals surface area contributed by atoms with Crippen LogP contribution in [0.1, 0.15) is 62.1 Å². The summed E-state index contributed by atoms with van der Waals surface area (Å²) in [4.78, 5) is 0. The van der Waals surface area contributed by atoms with E-state index in [1.807, 2.05) is 0 Å². The van der Waals surface area contributed by atoms with Gasteiger partial charge in [-0.15, -0.1) is 0 Å². The molecule has 0 saturated heterocycles. The predicted molar refractivity (Wildman–Crippen MR) is 102 cm³/mol. The molecule has 124 valence electrons. The van der Waals surface area contributed by atoms with E-state index < -0.39 is 0 Å². The molecule has 3 aliphatic carbocycles. The minimum absolute atomic E-state index is 0.614. The zero-order valence-corrected chi connectivity index (χ0v) is 14.9. The molecule has 5 rings (SSSR count). The van der Waals surface area contributed by atoms with Crippen molar-refractivity contribution in [2.24, 2.45) is 11.3 Å². The lowest BCUT2D eigenvalue weighted by molar-refractivity contribution is 0.169. The highest BCUT2D eigenvalue weighted by molar-refractivity contribution is 5.87. The molecule has 0 radical (unpaired) electrons. The van der Waals surface area contributed by atoms with Crippen molar-refractivity contribution < 1.29 is 0 Å². The van der Waals surface area contributed by atoms with Gasteiger partial charge in [0.15, 0.2) is 0 Å². The van der Waals surface area contributed by atoms with Crippen molar-refractivity contribution in [3.63, 3.8) is 0 Å². The third-order valence-corrected chi connectivity index (χ3v) is 7.17. The van der Waals surface area contributed by atoms with E-state index in [2.05, 4.69) is 43.3 Å². The van der Waals surface area contributed by atoms with Crippen LogP contribution in [0.3, 0.4) is 0 Å². The van der Waals surface area contributed by atoms with Gasteiger partial charge in [0.25, 0.3) is 0 Å². The number of hydrogen-bond acceptors (Lipinski definition) is 0. The van der Waals surface area contributed by atoms with Crippen molar-refractivity contribution in [3.8, 4) is 0 Å². The second kappa shape index (κ2) is 5.48. The molecule has 24 heavy (non-hydrogen) atoms. The fourth-order valence-electron chi connectivity index (χ4n) is 5.81. The Morgan fingerprint density at radius 3 is 2.88 bits per heavy atom. The maximum Gasteiger partial charge on any atom is -0.0149 e. The minimum atomic E-state index is 0.614. The molecule has 1 fully saturated rings. The van der Waals surface area contributed by atoms with Crippen LogP contribution in [0.15, 0.2) is 42.0 Å². The zero-order chi connectivity index (χ0) is 16.1. The Hall–Kier alpha value is -1.56. The van der Waals surface area contributed by atoms with Gasteiger partial charge in [0.1, 0.15) is 0 Å². The highest BCUT2D eigenvalue weighted by Gasteiger charge is 2.48. The first-order valence-corrected chi connectivity index (χ1v) is 9.99. The number of benzene rings is 2. The number of unbranched alkanes of at least 4 members (excludes halogenated alkanes) is 1. The molecule has 1 saturated carbocycles. The molecule has 2 bridgehead atoms. The maximum absolute atomic E-state index is 2.58. The highest BCUT2D eigenvalue weighted by atomic mass is 14.5. The van der Waals surface area contributed by atoms with Gasteiger partial charge in [0, 0.05) is 0 Å². The molecule has 0 nitrogen and oxygen atoms in total. The van der Waals surface area contributed by atoms with Crippen molar-refractivity contribution in [1.29, 1.82) is 0 Å². The molecule has 0 heterocycles. The topological polar surface area (TPSA) is 0 Å². The van der Waals surface area contributed by atoms with Gasteiger partial charge in [-0.3, -0.25) is 0 Å². The molecule has 2 atom stereocenters. The summed E-state index contributed by atoms with van der Waals surface area (Å²) in [6.45, 7) is 2.29. The molecular weight excluding hydrogens is 288 g/mol. The Bertz CT molecular complexity index is 825. The SMILES string of the molecule is CCCCc1cccc2cc3c(cc12)CC1(CC3)CC2=CCC1C2.